The SMILES string of the molecule is C/C(=N\N=C(/[S-])N1CC2CCC(CC2)C1)c1ccncn1.[Cu]. The molecule has 0 aromatic carbocycles. The van der Waals surface area contributed by atoms with Gasteiger partial charge in [-0.2, -0.15) is 10.2 Å². The molecule has 123 valence electrons. The van der Waals surface area contributed by atoms with Crippen molar-refractivity contribution in [3.8, 4) is 0 Å². The summed E-state index contributed by atoms with van der Waals surface area (Å²) in [6.45, 7) is 3.97. The van der Waals surface area contributed by atoms with Gasteiger partial charge in [0.25, 0.3) is 0 Å². The van der Waals surface area contributed by atoms with Gasteiger partial charge in [0.15, 0.2) is 0 Å². The zero-order valence-electron chi connectivity index (χ0n) is 12.6. The normalized spacial score (nSPS) is 25.6. The van der Waals surface area contributed by atoms with Crippen molar-refractivity contribution in [2.45, 2.75) is 32.6 Å². The fraction of sp³-hybridized carbons (Fsp3) is 0.600. The zero-order valence-corrected chi connectivity index (χ0v) is 14.3. The Hall–Kier alpha value is -1.04. The molecule has 3 aliphatic rings. The Labute approximate surface area is 147 Å². The Balaban J connectivity index is 0.00000176. The monoisotopic (exact) mass is 365 g/mol. The van der Waals surface area contributed by atoms with E-state index in [2.05, 4.69) is 25.1 Å². The Morgan fingerprint density at radius 1 is 1.18 bits per heavy atom. The van der Waals surface area contributed by atoms with Gasteiger partial charge in [0, 0.05) is 41.5 Å². The molecule has 1 radical (unpaired) electrons. The van der Waals surface area contributed by atoms with Crippen LogP contribution in [0.5, 0.6) is 0 Å². The van der Waals surface area contributed by atoms with E-state index in [9.17, 15) is 0 Å². The second kappa shape index (κ2) is 7.99. The standard InChI is InChI=1S/C15H21N5S.Cu/c1-11(14-6-7-16-10-17-14)18-19-15(21)20-8-12-2-3-13(9-20)5-4-12;/h6-7,10,12-13H,2-5,8-9H2,1H3,(H,19,21);/p-1/b18-11+;. The van der Waals surface area contributed by atoms with Gasteiger partial charge in [-0.05, 0) is 50.5 Å². The molecule has 7 heteroatoms. The van der Waals surface area contributed by atoms with Gasteiger partial charge in [-0.15, -0.1) is 0 Å². The number of amidine groups is 1. The summed E-state index contributed by atoms with van der Waals surface area (Å²) in [6.07, 6.45) is 8.57. The summed E-state index contributed by atoms with van der Waals surface area (Å²) in [5.74, 6) is 1.56. The molecule has 2 bridgehead atoms. The average Bonchev–Trinajstić information content (AvgIpc) is 2.87. The third-order valence-corrected chi connectivity index (χ3v) is 4.77. The first-order chi connectivity index (χ1) is 10.2. The second-order valence-electron chi connectivity index (χ2n) is 5.95. The van der Waals surface area contributed by atoms with Crippen LogP contribution in [0.15, 0.2) is 28.8 Å². The molecule has 1 aromatic rings. The summed E-state index contributed by atoms with van der Waals surface area (Å²) in [6, 6.07) is 1.82. The third kappa shape index (κ3) is 4.24. The number of hydrogen-bond donors (Lipinski definition) is 0. The molecule has 3 heterocycles. The summed E-state index contributed by atoms with van der Waals surface area (Å²) >= 11 is 5.46. The van der Waals surface area contributed by atoms with Gasteiger partial charge in [0.1, 0.15) is 6.33 Å². The van der Waals surface area contributed by atoms with Crippen molar-refractivity contribution in [3.63, 3.8) is 0 Å². The van der Waals surface area contributed by atoms with Crippen molar-refractivity contribution in [2.24, 2.45) is 22.0 Å². The van der Waals surface area contributed by atoms with E-state index in [-0.39, 0.29) is 17.1 Å². The van der Waals surface area contributed by atoms with E-state index >= 15 is 0 Å². The Bertz CT molecular complexity index is 526. The molecule has 4 rings (SSSR count). The Morgan fingerprint density at radius 2 is 1.82 bits per heavy atom. The maximum atomic E-state index is 5.46. The minimum atomic E-state index is 0. The van der Waals surface area contributed by atoms with Crippen LogP contribution in [-0.2, 0) is 29.7 Å². The number of fused-ring (bicyclic) bond motifs is 4. The Kier molecular flexibility index (Phi) is 6.29. The maximum Gasteiger partial charge on any atom is 0.116 e. The van der Waals surface area contributed by atoms with Crippen molar-refractivity contribution in [2.75, 3.05) is 13.1 Å². The molecule has 5 nitrogen and oxygen atoms in total. The number of aromatic nitrogens is 2. The molecule has 0 N–H and O–H groups in total. The summed E-state index contributed by atoms with van der Waals surface area (Å²) < 4.78 is 0. The van der Waals surface area contributed by atoms with Crippen LogP contribution in [0, 0.1) is 11.8 Å². The first kappa shape index (κ1) is 17.3. The summed E-state index contributed by atoms with van der Waals surface area (Å²) in [4.78, 5) is 10.3. The molecule has 1 aliphatic carbocycles. The van der Waals surface area contributed by atoms with Crippen molar-refractivity contribution in [1.82, 2.24) is 14.9 Å². The van der Waals surface area contributed by atoms with Gasteiger partial charge in [-0.3, -0.25) is 0 Å². The van der Waals surface area contributed by atoms with Gasteiger partial charge >= 0.3 is 0 Å². The predicted octanol–water partition coefficient (Wildman–Crippen LogP) is 2.22. The molecular weight excluding hydrogens is 346 g/mol. The van der Waals surface area contributed by atoms with E-state index in [1.165, 1.54) is 32.0 Å². The maximum absolute atomic E-state index is 5.46. The van der Waals surface area contributed by atoms with Crippen LogP contribution >= 0.6 is 0 Å². The van der Waals surface area contributed by atoms with E-state index in [1.54, 1.807) is 6.20 Å². The quantitative estimate of drug-likeness (QED) is 0.265. The van der Waals surface area contributed by atoms with E-state index in [4.69, 9.17) is 12.6 Å². The van der Waals surface area contributed by atoms with E-state index in [1.807, 2.05) is 13.0 Å². The smallest absolute Gasteiger partial charge is 0.116 e. The number of nitrogens with zero attached hydrogens (tertiary/aromatic N) is 5. The van der Waals surface area contributed by atoms with E-state index in [0.29, 0.717) is 5.17 Å². The number of rotatable bonds is 2. The Morgan fingerprint density at radius 3 is 2.36 bits per heavy atom. The first-order valence-corrected chi connectivity index (χ1v) is 7.94. The third-order valence-electron chi connectivity index (χ3n) is 4.43. The molecule has 0 amide bonds. The molecule has 1 aromatic heterocycles. The van der Waals surface area contributed by atoms with Crippen LogP contribution in [0.1, 0.15) is 38.3 Å². The van der Waals surface area contributed by atoms with Gasteiger partial charge < -0.3 is 17.5 Å². The van der Waals surface area contributed by atoms with Crippen LogP contribution in [0.3, 0.4) is 0 Å². The van der Waals surface area contributed by atoms with Crippen molar-refractivity contribution in [3.05, 3.63) is 24.3 Å². The summed E-state index contributed by atoms with van der Waals surface area (Å²) in [5, 5.41) is 9.10. The van der Waals surface area contributed by atoms with Crippen molar-refractivity contribution in [1.29, 1.82) is 0 Å². The largest absolute Gasteiger partial charge is 0.741 e. The summed E-state index contributed by atoms with van der Waals surface area (Å²) in [5.41, 5.74) is 1.55. The predicted molar refractivity (Wildman–Crippen MR) is 86.1 cm³/mol. The fourth-order valence-corrected chi connectivity index (χ4v) is 3.38. The topological polar surface area (TPSA) is 53.7 Å². The van der Waals surface area contributed by atoms with E-state index < -0.39 is 0 Å². The zero-order chi connectivity index (χ0) is 14.7. The molecule has 3 fully saturated rings. The molecule has 2 saturated heterocycles. The fourth-order valence-electron chi connectivity index (χ4n) is 3.19. The van der Waals surface area contributed by atoms with Gasteiger partial charge in [0.05, 0.1) is 11.4 Å². The minimum absolute atomic E-state index is 0. The van der Waals surface area contributed by atoms with Crippen LogP contribution in [0.4, 0.5) is 0 Å². The van der Waals surface area contributed by atoms with Gasteiger partial charge in [-0.1, -0.05) is 0 Å². The minimum Gasteiger partial charge on any atom is -0.741 e. The second-order valence-corrected chi connectivity index (χ2v) is 6.32. The van der Waals surface area contributed by atoms with Crippen LogP contribution in [0.2, 0.25) is 0 Å². The molecule has 2 aliphatic heterocycles. The van der Waals surface area contributed by atoms with Crippen LogP contribution < -0.4 is 0 Å². The molecule has 0 atom stereocenters. The van der Waals surface area contributed by atoms with Gasteiger partial charge in [0.2, 0.25) is 0 Å². The number of hydrogen-bond acceptors (Lipinski definition) is 5. The van der Waals surface area contributed by atoms with Crippen molar-refractivity contribution >= 4 is 23.5 Å². The average molecular weight is 366 g/mol. The van der Waals surface area contributed by atoms with Crippen LogP contribution in [0.25, 0.3) is 0 Å². The first-order valence-electron chi connectivity index (χ1n) is 7.53. The molecule has 0 spiro atoms. The molecule has 1 saturated carbocycles. The molecule has 0 unspecified atom stereocenters. The molecular formula is C15H20CuN5S-. The van der Waals surface area contributed by atoms with Crippen molar-refractivity contribution < 1.29 is 17.1 Å². The van der Waals surface area contributed by atoms with Crippen LogP contribution in [-0.4, -0.2) is 38.8 Å². The van der Waals surface area contributed by atoms with Gasteiger partial charge in [-0.25, -0.2) is 9.97 Å². The van der Waals surface area contributed by atoms with E-state index in [0.717, 1.165) is 36.3 Å². The molecule has 22 heavy (non-hydrogen) atoms. The summed E-state index contributed by atoms with van der Waals surface area (Å²) in [7, 11) is 0.